The summed E-state index contributed by atoms with van der Waals surface area (Å²) in [6.45, 7) is 0. The molecular formula is C18H20BrClN2. The summed E-state index contributed by atoms with van der Waals surface area (Å²) in [6, 6.07) is 8.10. The van der Waals surface area contributed by atoms with Gasteiger partial charge in [-0.2, -0.15) is 0 Å². The Morgan fingerprint density at radius 3 is 2.00 bits per heavy atom. The zero-order chi connectivity index (χ0) is 15.7. The van der Waals surface area contributed by atoms with Crippen molar-refractivity contribution in [3.05, 3.63) is 56.0 Å². The molecule has 2 aliphatic rings. The van der Waals surface area contributed by atoms with Crippen LogP contribution in [0.5, 0.6) is 0 Å². The lowest BCUT2D eigenvalue weighted by Gasteiger charge is -2.04. The third-order valence-electron chi connectivity index (χ3n) is 4.49. The van der Waals surface area contributed by atoms with E-state index in [1.54, 1.807) is 0 Å². The molecule has 2 aliphatic carbocycles. The zero-order valence-electron chi connectivity index (χ0n) is 12.5. The molecule has 0 saturated carbocycles. The Morgan fingerprint density at radius 1 is 0.773 bits per heavy atom. The number of aryl methyl sites for hydroxylation is 2. The van der Waals surface area contributed by atoms with Crippen LogP contribution >= 0.6 is 27.5 Å². The van der Waals surface area contributed by atoms with Crippen LogP contribution in [0.15, 0.2) is 28.7 Å². The molecule has 0 radical (unpaired) electrons. The average molecular weight is 380 g/mol. The highest BCUT2D eigenvalue weighted by Gasteiger charge is 2.15. The summed E-state index contributed by atoms with van der Waals surface area (Å²) in [6.07, 6.45) is 7.15. The van der Waals surface area contributed by atoms with Crippen molar-refractivity contribution in [3.63, 3.8) is 0 Å². The number of hydrogen-bond acceptors (Lipinski definition) is 2. The molecule has 0 saturated heterocycles. The van der Waals surface area contributed by atoms with E-state index < -0.39 is 0 Å². The smallest absolute Gasteiger partial charge is 0.0670 e. The van der Waals surface area contributed by atoms with Crippen LogP contribution in [0.1, 0.15) is 35.1 Å². The van der Waals surface area contributed by atoms with Crippen molar-refractivity contribution in [2.75, 3.05) is 11.5 Å². The first kappa shape index (κ1) is 15.7. The molecule has 0 atom stereocenters. The number of nitrogens with two attached hydrogens (primary N) is 2. The van der Waals surface area contributed by atoms with Gasteiger partial charge in [-0.25, -0.2) is 0 Å². The molecule has 0 aliphatic heterocycles. The van der Waals surface area contributed by atoms with E-state index in [1.165, 1.54) is 47.9 Å². The number of hydrogen-bond donors (Lipinski definition) is 2. The van der Waals surface area contributed by atoms with Crippen molar-refractivity contribution < 1.29 is 0 Å². The predicted molar refractivity (Wildman–Crippen MR) is 98.5 cm³/mol. The number of halogens is 2. The van der Waals surface area contributed by atoms with Gasteiger partial charge in [0.05, 0.1) is 10.7 Å². The molecule has 0 bridgehead atoms. The van der Waals surface area contributed by atoms with Gasteiger partial charge in [0.15, 0.2) is 0 Å². The van der Waals surface area contributed by atoms with Crippen LogP contribution in [0, 0.1) is 0 Å². The van der Waals surface area contributed by atoms with Gasteiger partial charge in [0.25, 0.3) is 0 Å². The van der Waals surface area contributed by atoms with Crippen molar-refractivity contribution in [2.24, 2.45) is 0 Å². The fourth-order valence-corrected chi connectivity index (χ4v) is 4.14. The number of fused-ring (bicyclic) bond motifs is 2. The third-order valence-corrected chi connectivity index (χ3v) is 5.87. The second kappa shape index (κ2) is 6.51. The van der Waals surface area contributed by atoms with Crippen molar-refractivity contribution in [2.45, 2.75) is 38.5 Å². The number of nitrogen functional groups attached to an aromatic ring is 2. The lowest BCUT2D eigenvalue weighted by molar-refractivity contribution is 0.910. The lowest BCUT2D eigenvalue weighted by Crippen LogP contribution is -1.91. The summed E-state index contributed by atoms with van der Waals surface area (Å²) in [7, 11) is 0. The Morgan fingerprint density at radius 2 is 1.32 bits per heavy atom. The first-order valence-electron chi connectivity index (χ1n) is 7.69. The van der Waals surface area contributed by atoms with Crippen LogP contribution < -0.4 is 11.5 Å². The maximum Gasteiger partial charge on any atom is 0.0670 e. The number of rotatable bonds is 0. The van der Waals surface area contributed by atoms with Crippen LogP contribution in [-0.4, -0.2) is 0 Å². The Bertz CT molecular complexity index is 651. The summed E-state index contributed by atoms with van der Waals surface area (Å²) >= 11 is 9.52. The van der Waals surface area contributed by atoms with E-state index >= 15 is 0 Å². The molecule has 2 aromatic rings. The quantitative estimate of drug-likeness (QED) is 0.638. The molecule has 0 spiro atoms. The summed E-state index contributed by atoms with van der Waals surface area (Å²) in [4.78, 5) is 0. The lowest BCUT2D eigenvalue weighted by atomic mass is 10.1. The fraction of sp³-hybridized carbons (Fsp3) is 0.333. The van der Waals surface area contributed by atoms with Crippen molar-refractivity contribution in [1.29, 1.82) is 0 Å². The van der Waals surface area contributed by atoms with Gasteiger partial charge in [-0.15, -0.1) is 0 Å². The Balaban J connectivity index is 0.000000131. The van der Waals surface area contributed by atoms with Gasteiger partial charge in [-0.05, 0) is 88.8 Å². The largest absolute Gasteiger partial charge is 0.398 e. The van der Waals surface area contributed by atoms with Gasteiger partial charge < -0.3 is 11.5 Å². The second-order valence-corrected chi connectivity index (χ2v) is 7.09. The van der Waals surface area contributed by atoms with Crippen LogP contribution in [0.3, 0.4) is 0 Å². The molecule has 0 unspecified atom stereocenters. The SMILES string of the molecule is Nc1ccc2c(c1Br)CCC2.Nc1ccc2c(c1Cl)CCC2. The van der Waals surface area contributed by atoms with Gasteiger partial charge in [0.2, 0.25) is 0 Å². The van der Waals surface area contributed by atoms with E-state index in [-0.39, 0.29) is 0 Å². The van der Waals surface area contributed by atoms with Gasteiger partial charge in [0, 0.05) is 10.2 Å². The summed E-state index contributed by atoms with van der Waals surface area (Å²) in [5.74, 6) is 0. The molecule has 0 heterocycles. The zero-order valence-corrected chi connectivity index (χ0v) is 14.8. The van der Waals surface area contributed by atoms with E-state index in [0.717, 1.165) is 28.0 Å². The van der Waals surface area contributed by atoms with Crippen LogP contribution in [0.4, 0.5) is 11.4 Å². The maximum absolute atomic E-state index is 6.01. The Kier molecular flexibility index (Phi) is 4.65. The average Bonchev–Trinajstić information content (AvgIpc) is 3.16. The molecule has 116 valence electrons. The molecule has 0 amide bonds. The Labute approximate surface area is 145 Å². The standard InChI is InChI=1S/C9H10BrN.C9H10ClN/c2*10-9-7-3-1-2-6(7)4-5-8(9)11/h2*4-5H,1-3,11H2. The fourth-order valence-electron chi connectivity index (χ4n) is 3.28. The molecule has 2 nitrogen and oxygen atoms in total. The first-order valence-corrected chi connectivity index (χ1v) is 8.86. The normalized spacial score (nSPS) is 15.0. The van der Waals surface area contributed by atoms with Crippen molar-refractivity contribution in [1.82, 2.24) is 0 Å². The van der Waals surface area contributed by atoms with Crippen molar-refractivity contribution in [3.8, 4) is 0 Å². The van der Waals surface area contributed by atoms with Crippen LogP contribution in [0.2, 0.25) is 5.02 Å². The predicted octanol–water partition coefficient (Wildman–Crippen LogP) is 4.93. The second-order valence-electron chi connectivity index (χ2n) is 5.92. The minimum Gasteiger partial charge on any atom is -0.398 e. The monoisotopic (exact) mass is 378 g/mol. The van der Waals surface area contributed by atoms with Gasteiger partial charge in [0.1, 0.15) is 0 Å². The van der Waals surface area contributed by atoms with Crippen molar-refractivity contribution >= 4 is 38.9 Å². The molecule has 4 N–H and O–H groups in total. The summed E-state index contributed by atoms with van der Waals surface area (Å²) < 4.78 is 1.12. The molecular weight excluding hydrogens is 360 g/mol. The highest BCUT2D eigenvalue weighted by Crippen LogP contribution is 2.33. The van der Waals surface area contributed by atoms with E-state index in [4.69, 9.17) is 23.1 Å². The molecule has 4 heteroatoms. The van der Waals surface area contributed by atoms with E-state index in [2.05, 4.69) is 28.1 Å². The first-order chi connectivity index (χ1) is 10.6. The van der Waals surface area contributed by atoms with Crippen LogP contribution in [0.25, 0.3) is 0 Å². The van der Waals surface area contributed by atoms with Crippen LogP contribution in [-0.2, 0) is 25.7 Å². The maximum atomic E-state index is 6.01. The summed E-state index contributed by atoms with van der Waals surface area (Å²) in [5.41, 5.74) is 18.5. The Hall–Kier alpha value is -1.19. The molecule has 22 heavy (non-hydrogen) atoms. The van der Waals surface area contributed by atoms with E-state index in [9.17, 15) is 0 Å². The number of anilines is 2. The van der Waals surface area contributed by atoms with Gasteiger partial charge in [-0.1, -0.05) is 23.7 Å². The van der Waals surface area contributed by atoms with E-state index in [0.29, 0.717) is 5.69 Å². The molecule has 0 fully saturated rings. The topological polar surface area (TPSA) is 52.0 Å². The molecule has 0 aromatic heterocycles. The van der Waals surface area contributed by atoms with E-state index in [1.807, 2.05) is 12.1 Å². The molecule has 4 rings (SSSR count). The summed E-state index contributed by atoms with van der Waals surface area (Å²) in [5, 5.41) is 0.778. The molecule has 2 aromatic carbocycles. The minimum absolute atomic E-state index is 0.715. The highest BCUT2D eigenvalue weighted by atomic mass is 79.9. The highest BCUT2D eigenvalue weighted by molar-refractivity contribution is 9.10. The van der Waals surface area contributed by atoms with Gasteiger partial charge >= 0.3 is 0 Å². The van der Waals surface area contributed by atoms with Gasteiger partial charge in [-0.3, -0.25) is 0 Å². The number of benzene rings is 2. The third kappa shape index (κ3) is 2.97. The minimum atomic E-state index is 0.715.